The first kappa shape index (κ1) is 13.8. The molecule has 0 saturated heterocycles. The van der Waals surface area contributed by atoms with E-state index in [1.165, 1.54) is 22.4 Å². The fraction of sp³-hybridized carbons (Fsp3) is 0.158. The standard InChI is InChI=1S/C19H18FN/c1-14(17-7-4-8-19(20)12-17)21-13-15-9-10-16-5-2-3-6-18(16)11-15/h2-12,14,21H,13H2,1H3/t14-/m0/s1. The van der Waals surface area contributed by atoms with Crippen molar-refractivity contribution in [2.75, 3.05) is 0 Å². The Hall–Kier alpha value is -2.19. The lowest BCUT2D eigenvalue weighted by molar-refractivity contribution is 0.565. The molecule has 0 saturated carbocycles. The minimum atomic E-state index is -0.188. The molecule has 0 amide bonds. The minimum Gasteiger partial charge on any atom is -0.306 e. The Morgan fingerprint density at radius 3 is 2.52 bits per heavy atom. The molecule has 0 aliphatic rings. The van der Waals surface area contributed by atoms with Gasteiger partial charge in [-0.25, -0.2) is 4.39 Å². The van der Waals surface area contributed by atoms with E-state index in [1.54, 1.807) is 12.1 Å². The number of hydrogen-bond donors (Lipinski definition) is 1. The van der Waals surface area contributed by atoms with E-state index in [9.17, 15) is 4.39 Å². The van der Waals surface area contributed by atoms with Crippen LogP contribution in [0.1, 0.15) is 24.1 Å². The molecule has 1 N–H and O–H groups in total. The third kappa shape index (κ3) is 3.29. The lowest BCUT2D eigenvalue weighted by atomic mass is 10.1. The summed E-state index contributed by atoms with van der Waals surface area (Å²) >= 11 is 0. The van der Waals surface area contributed by atoms with Gasteiger partial charge in [0.2, 0.25) is 0 Å². The molecule has 3 rings (SSSR count). The van der Waals surface area contributed by atoms with Gasteiger partial charge in [0.25, 0.3) is 0 Å². The highest BCUT2D eigenvalue weighted by molar-refractivity contribution is 5.82. The van der Waals surface area contributed by atoms with Gasteiger partial charge in [0, 0.05) is 12.6 Å². The van der Waals surface area contributed by atoms with E-state index in [-0.39, 0.29) is 11.9 Å². The van der Waals surface area contributed by atoms with E-state index in [0.29, 0.717) is 0 Å². The molecule has 21 heavy (non-hydrogen) atoms. The summed E-state index contributed by atoms with van der Waals surface area (Å²) in [6, 6.07) is 21.7. The van der Waals surface area contributed by atoms with Crippen LogP contribution in [0.3, 0.4) is 0 Å². The predicted octanol–water partition coefficient (Wildman–Crippen LogP) is 4.83. The van der Waals surface area contributed by atoms with E-state index in [0.717, 1.165) is 12.1 Å². The van der Waals surface area contributed by atoms with Crippen LogP contribution in [-0.4, -0.2) is 0 Å². The van der Waals surface area contributed by atoms with Crippen LogP contribution in [0.25, 0.3) is 10.8 Å². The Kier molecular flexibility index (Phi) is 3.98. The minimum absolute atomic E-state index is 0.118. The average Bonchev–Trinajstić information content (AvgIpc) is 2.52. The number of hydrogen-bond acceptors (Lipinski definition) is 1. The Morgan fingerprint density at radius 1 is 0.905 bits per heavy atom. The zero-order valence-electron chi connectivity index (χ0n) is 12.0. The van der Waals surface area contributed by atoms with Crippen molar-refractivity contribution in [3.8, 4) is 0 Å². The van der Waals surface area contributed by atoms with Gasteiger partial charge in [-0.2, -0.15) is 0 Å². The molecule has 3 aromatic carbocycles. The highest BCUT2D eigenvalue weighted by atomic mass is 19.1. The second-order valence-corrected chi connectivity index (χ2v) is 5.34. The zero-order chi connectivity index (χ0) is 14.7. The molecule has 0 aliphatic heterocycles. The highest BCUT2D eigenvalue weighted by Crippen LogP contribution is 2.17. The lowest BCUT2D eigenvalue weighted by Gasteiger charge is -2.14. The van der Waals surface area contributed by atoms with Crippen molar-refractivity contribution in [1.29, 1.82) is 0 Å². The monoisotopic (exact) mass is 279 g/mol. The number of fused-ring (bicyclic) bond motifs is 1. The van der Waals surface area contributed by atoms with E-state index in [4.69, 9.17) is 0 Å². The molecule has 0 radical (unpaired) electrons. The fourth-order valence-corrected chi connectivity index (χ4v) is 2.51. The van der Waals surface area contributed by atoms with Gasteiger partial charge in [0.1, 0.15) is 5.82 Å². The summed E-state index contributed by atoms with van der Waals surface area (Å²) in [4.78, 5) is 0. The summed E-state index contributed by atoms with van der Waals surface area (Å²) in [7, 11) is 0. The van der Waals surface area contributed by atoms with Gasteiger partial charge in [0.05, 0.1) is 0 Å². The molecule has 0 heterocycles. The molecule has 0 bridgehead atoms. The normalized spacial score (nSPS) is 12.5. The summed E-state index contributed by atoms with van der Waals surface area (Å²) in [5, 5.41) is 5.94. The SMILES string of the molecule is C[C@H](NCc1ccc2ccccc2c1)c1cccc(F)c1. The van der Waals surface area contributed by atoms with Crippen LogP contribution in [-0.2, 0) is 6.54 Å². The van der Waals surface area contributed by atoms with Crippen molar-refractivity contribution in [1.82, 2.24) is 5.32 Å². The third-order valence-electron chi connectivity index (χ3n) is 3.77. The van der Waals surface area contributed by atoms with E-state index < -0.39 is 0 Å². The summed E-state index contributed by atoms with van der Waals surface area (Å²) in [6.07, 6.45) is 0. The summed E-state index contributed by atoms with van der Waals surface area (Å²) < 4.78 is 13.2. The Morgan fingerprint density at radius 2 is 1.71 bits per heavy atom. The maximum atomic E-state index is 13.2. The van der Waals surface area contributed by atoms with Crippen molar-refractivity contribution >= 4 is 10.8 Å². The van der Waals surface area contributed by atoms with Crippen molar-refractivity contribution < 1.29 is 4.39 Å². The second-order valence-electron chi connectivity index (χ2n) is 5.34. The van der Waals surface area contributed by atoms with Crippen molar-refractivity contribution in [3.05, 3.63) is 83.7 Å². The first-order valence-corrected chi connectivity index (χ1v) is 7.19. The molecule has 0 aliphatic carbocycles. The maximum Gasteiger partial charge on any atom is 0.123 e. The average molecular weight is 279 g/mol. The summed E-state index contributed by atoms with van der Waals surface area (Å²) in [5.41, 5.74) is 2.20. The number of rotatable bonds is 4. The van der Waals surface area contributed by atoms with Gasteiger partial charge in [-0.05, 0) is 47.0 Å². The number of halogens is 1. The summed E-state index contributed by atoms with van der Waals surface area (Å²) in [6.45, 7) is 2.82. The van der Waals surface area contributed by atoms with Crippen LogP contribution in [0.15, 0.2) is 66.7 Å². The van der Waals surface area contributed by atoms with Gasteiger partial charge >= 0.3 is 0 Å². The number of nitrogens with one attached hydrogen (secondary N) is 1. The van der Waals surface area contributed by atoms with Crippen LogP contribution in [0.5, 0.6) is 0 Å². The fourth-order valence-electron chi connectivity index (χ4n) is 2.51. The van der Waals surface area contributed by atoms with Crippen LogP contribution in [0.4, 0.5) is 4.39 Å². The Bertz CT molecular complexity index is 751. The quantitative estimate of drug-likeness (QED) is 0.721. The maximum absolute atomic E-state index is 13.2. The third-order valence-corrected chi connectivity index (χ3v) is 3.77. The van der Waals surface area contributed by atoms with Gasteiger partial charge in [-0.3, -0.25) is 0 Å². The number of benzene rings is 3. The first-order valence-electron chi connectivity index (χ1n) is 7.19. The lowest BCUT2D eigenvalue weighted by Crippen LogP contribution is -2.18. The molecular formula is C19H18FN. The van der Waals surface area contributed by atoms with E-state index >= 15 is 0 Å². The van der Waals surface area contributed by atoms with Crippen LogP contribution >= 0.6 is 0 Å². The molecule has 0 fully saturated rings. The first-order chi connectivity index (χ1) is 10.2. The predicted molar refractivity (Wildman–Crippen MR) is 85.6 cm³/mol. The Balaban J connectivity index is 1.71. The molecule has 1 nitrogen and oxygen atoms in total. The summed E-state index contributed by atoms with van der Waals surface area (Å²) in [5.74, 6) is -0.188. The largest absolute Gasteiger partial charge is 0.306 e. The topological polar surface area (TPSA) is 12.0 Å². The van der Waals surface area contributed by atoms with Crippen LogP contribution in [0, 0.1) is 5.82 Å². The highest BCUT2D eigenvalue weighted by Gasteiger charge is 2.06. The molecule has 2 heteroatoms. The van der Waals surface area contributed by atoms with Crippen LogP contribution in [0.2, 0.25) is 0 Å². The van der Waals surface area contributed by atoms with Crippen molar-refractivity contribution in [2.24, 2.45) is 0 Å². The smallest absolute Gasteiger partial charge is 0.123 e. The molecule has 0 aromatic heterocycles. The van der Waals surface area contributed by atoms with Crippen LogP contribution < -0.4 is 5.32 Å². The zero-order valence-corrected chi connectivity index (χ0v) is 12.0. The van der Waals surface area contributed by atoms with Crippen molar-refractivity contribution in [2.45, 2.75) is 19.5 Å². The molecule has 0 spiro atoms. The van der Waals surface area contributed by atoms with Gasteiger partial charge in [-0.15, -0.1) is 0 Å². The van der Waals surface area contributed by atoms with Crippen molar-refractivity contribution in [3.63, 3.8) is 0 Å². The molecular weight excluding hydrogens is 261 g/mol. The molecule has 3 aromatic rings. The van der Waals surface area contributed by atoms with Gasteiger partial charge in [0.15, 0.2) is 0 Å². The molecule has 0 unspecified atom stereocenters. The molecule has 1 atom stereocenters. The second kappa shape index (κ2) is 6.06. The Labute approximate surface area is 124 Å². The van der Waals surface area contributed by atoms with E-state index in [1.807, 2.05) is 12.1 Å². The molecule has 106 valence electrons. The van der Waals surface area contributed by atoms with Gasteiger partial charge < -0.3 is 5.32 Å². The van der Waals surface area contributed by atoms with E-state index in [2.05, 4.69) is 48.6 Å². The van der Waals surface area contributed by atoms with Gasteiger partial charge in [-0.1, -0.05) is 48.5 Å².